The molecule has 1 aliphatic heterocycles. The van der Waals surface area contributed by atoms with Gasteiger partial charge in [-0.1, -0.05) is 20.3 Å². The molecule has 0 unspecified atom stereocenters. The molecule has 16 heavy (non-hydrogen) atoms. The van der Waals surface area contributed by atoms with Gasteiger partial charge in [0.15, 0.2) is 0 Å². The molecular weight excluding hydrogens is 226 g/mol. The molecule has 0 radical (unpaired) electrons. The molecule has 0 aromatic rings. The Morgan fingerprint density at radius 1 is 1.12 bits per heavy atom. The number of imide groups is 1. The van der Waals surface area contributed by atoms with Crippen molar-refractivity contribution in [1.29, 1.82) is 0 Å². The van der Waals surface area contributed by atoms with Crippen LogP contribution in [0.25, 0.3) is 0 Å². The molecule has 0 bridgehead atoms. The third-order valence-corrected chi connectivity index (χ3v) is 3.14. The molecule has 1 saturated heterocycles. The number of rotatable bonds is 5. The molecule has 0 aromatic heterocycles. The van der Waals surface area contributed by atoms with E-state index >= 15 is 0 Å². The lowest BCUT2D eigenvalue weighted by Crippen LogP contribution is -2.46. The Bertz CT molecular complexity index is 256. The Balaban J connectivity index is 2.42. The normalized spacial score (nSPS) is 20.3. The number of alkyl halides is 1. The number of hydrogen-bond donors (Lipinski definition) is 0. The van der Waals surface area contributed by atoms with Crippen molar-refractivity contribution in [3.8, 4) is 0 Å². The second-order valence-electron chi connectivity index (χ2n) is 5.21. The summed E-state index contributed by atoms with van der Waals surface area (Å²) in [7, 11) is 0. The summed E-state index contributed by atoms with van der Waals surface area (Å²) >= 11 is 5.57. The zero-order valence-electron chi connectivity index (χ0n) is 10.1. The Hall–Kier alpha value is -0.570. The summed E-state index contributed by atoms with van der Waals surface area (Å²) in [5.74, 6) is 0.605. The molecule has 92 valence electrons. The van der Waals surface area contributed by atoms with Crippen LogP contribution in [-0.2, 0) is 9.59 Å². The summed E-state index contributed by atoms with van der Waals surface area (Å²) < 4.78 is 0. The van der Waals surface area contributed by atoms with E-state index in [0.717, 1.165) is 19.3 Å². The number of unbranched alkanes of at least 4 members (excludes halogenated alkanes) is 2. The van der Waals surface area contributed by atoms with Gasteiger partial charge >= 0.3 is 0 Å². The summed E-state index contributed by atoms with van der Waals surface area (Å²) in [6.45, 7) is 4.49. The molecule has 0 spiro atoms. The predicted molar refractivity (Wildman–Crippen MR) is 64.3 cm³/mol. The lowest BCUT2D eigenvalue weighted by molar-refractivity contribution is -0.152. The van der Waals surface area contributed by atoms with Gasteiger partial charge in [0.1, 0.15) is 0 Å². The summed E-state index contributed by atoms with van der Waals surface area (Å²) in [5, 5.41) is 0. The minimum absolute atomic E-state index is 0.0212. The largest absolute Gasteiger partial charge is 0.283 e. The van der Waals surface area contributed by atoms with Crippen LogP contribution in [0.4, 0.5) is 0 Å². The zero-order valence-corrected chi connectivity index (χ0v) is 10.8. The lowest BCUT2D eigenvalue weighted by Gasteiger charge is -2.34. The topological polar surface area (TPSA) is 37.4 Å². The van der Waals surface area contributed by atoms with Crippen molar-refractivity contribution in [1.82, 2.24) is 4.90 Å². The second kappa shape index (κ2) is 5.67. The summed E-state index contributed by atoms with van der Waals surface area (Å²) in [6.07, 6.45) is 3.75. The van der Waals surface area contributed by atoms with E-state index in [1.54, 1.807) is 0 Å². The molecular formula is C12H20ClNO2. The molecule has 4 heteroatoms. The summed E-state index contributed by atoms with van der Waals surface area (Å²) in [6, 6.07) is 0. The van der Waals surface area contributed by atoms with E-state index in [-0.39, 0.29) is 17.2 Å². The first-order valence-corrected chi connectivity index (χ1v) is 6.39. The number of likely N-dealkylation sites (tertiary alicyclic amines) is 1. The Morgan fingerprint density at radius 2 is 1.69 bits per heavy atom. The fourth-order valence-corrected chi connectivity index (χ4v) is 2.19. The van der Waals surface area contributed by atoms with E-state index in [1.165, 1.54) is 4.90 Å². The molecule has 2 amide bonds. The first-order valence-electron chi connectivity index (χ1n) is 5.85. The van der Waals surface area contributed by atoms with Crippen LogP contribution in [0.5, 0.6) is 0 Å². The number of nitrogens with zero attached hydrogens (tertiary/aromatic N) is 1. The highest BCUT2D eigenvalue weighted by molar-refractivity contribution is 6.17. The monoisotopic (exact) mass is 245 g/mol. The maximum Gasteiger partial charge on any atom is 0.229 e. The average molecular weight is 246 g/mol. The first kappa shape index (κ1) is 13.5. The minimum Gasteiger partial charge on any atom is -0.283 e. The Kier molecular flexibility index (Phi) is 4.78. The molecule has 0 aromatic carbocycles. The van der Waals surface area contributed by atoms with Gasteiger partial charge in [0.2, 0.25) is 11.8 Å². The number of amides is 2. The quantitative estimate of drug-likeness (QED) is 0.424. The number of piperidine rings is 1. The highest BCUT2D eigenvalue weighted by Gasteiger charge is 2.36. The van der Waals surface area contributed by atoms with Gasteiger partial charge in [0.25, 0.3) is 0 Å². The molecule has 1 heterocycles. The standard InChI is InChI=1S/C12H20ClNO2/c1-12(2)8-10(15)14(11(16)9-12)7-5-3-4-6-13/h3-9H2,1-2H3. The molecule has 0 N–H and O–H groups in total. The van der Waals surface area contributed by atoms with Crippen LogP contribution in [0.3, 0.4) is 0 Å². The number of carbonyl (C=O) groups is 2. The van der Waals surface area contributed by atoms with Crippen molar-refractivity contribution < 1.29 is 9.59 Å². The van der Waals surface area contributed by atoms with Crippen LogP contribution in [0.2, 0.25) is 0 Å². The van der Waals surface area contributed by atoms with Crippen molar-refractivity contribution in [2.45, 2.75) is 46.0 Å². The van der Waals surface area contributed by atoms with E-state index in [2.05, 4.69) is 0 Å². The molecule has 0 saturated carbocycles. The predicted octanol–water partition coefficient (Wildman–Crippen LogP) is 2.57. The molecule has 1 aliphatic rings. The van der Waals surface area contributed by atoms with E-state index in [9.17, 15) is 9.59 Å². The van der Waals surface area contributed by atoms with Crippen molar-refractivity contribution in [2.24, 2.45) is 5.41 Å². The highest BCUT2D eigenvalue weighted by atomic mass is 35.5. The van der Waals surface area contributed by atoms with Crippen LogP contribution >= 0.6 is 11.6 Å². The SMILES string of the molecule is CC1(C)CC(=O)N(CCCCCCl)C(=O)C1. The molecule has 1 rings (SSSR count). The third-order valence-electron chi connectivity index (χ3n) is 2.88. The number of carbonyl (C=O) groups excluding carboxylic acids is 2. The summed E-state index contributed by atoms with van der Waals surface area (Å²) in [5.41, 5.74) is -0.166. The van der Waals surface area contributed by atoms with E-state index in [1.807, 2.05) is 13.8 Å². The third kappa shape index (κ3) is 3.78. The van der Waals surface area contributed by atoms with Gasteiger partial charge in [0, 0.05) is 25.3 Å². The maximum absolute atomic E-state index is 11.8. The zero-order chi connectivity index (χ0) is 12.2. The highest BCUT2D eigenvalue weighted by Crippen LogP contribution is 2.31. The van der Waals surface area contributed by atoms with E-state index in [4.69, 9.17) is 11.6 Å². The van der Waals surface area contributed by atoms with Gasteiger partial charge in [-0.25, -0.2) is 0 Å². The maximum atomic E-state index is 11.8. The fraction of sp³-hybridized carbons (Fsp3) is 0.833. The average Bonchev–Trinajstić information content (AvgIpc) is 2.13. The van der Waals surface area contributed by atoms with Gasteiger partial charge in [-0.3, -0.25) is 14.5 Å². The van der Waals surface area contributed by atoms with Gasteiger partial charge in [-0.05, 0) is 18.3 Å². The second-order valence-corrected chi connectivity index (χ2v) is 5.58. The van der Waals surface area contributed by atoms with Crippen LogP contribution < -0.4 is 0 Å². The summed E-state index contributed by atoms with van der Waals surface area (Å²) in [4.78, 5) is 24.9. The molecule has 1 fully saturated rings. The molecule has 3 nitrogen and oxygen atoms in total. The van der Waals surface area contributed by atoms with Crippen molar-refractivity contribution in [3.05, 3.63) is 0 Å². The number of hydrogen-bond acceptors (Lipinski definition) is 2. The van der Waals surface area contributed by atoms with Crippen LogP contribution in [0, 0.1) is 5.41 Å². The van der Waals surface area contributed by atoms with Gasteiger partial charge in [-0.15, -0.1) is 11.6 Å². The molecule has 0 aliphatic carbocycles. The van der Waals surface area contributed by atoms with Gasteiger partial charge < -0.3 is 0 Å². The smallest absolute Gasteiger partial charge is 0.229 e. The minimum atomic E-state index is -0.166. The number of halogens is 1. The van der Waals surface area contributed by atoms with E-state index < -0.39 is 0 Å². The van der Waals surface area contributed by atoms with Gasteiger partial charge in [-0.2, -0.15) is 0 Å². The van der Waals surface area contributed by atoms with Crippen molar-refractivity contribution in [3.63, 3.8) is 0 Å². The lowest BCUT2D eigenvalue weighted by atomic mass is 9.82. The van der Waals surface area contributed by atoms with Crippen LogP contribution in [0.1, 0.15) is 46.0 Å². The van der Waals surface area contributed by atoms with E-state index in [0.29, 0.717) is 25.3 Å². The van der Waals surface area contributed by atoms with Crippen molar-refractivity contribution >= 4 is 23.4 Å². The first-order chi connectivity index (χ1) is 7.46. The van der Waals surface area contributed by atoms with Crippen LogP contribution in [-0.4, -0.2) is 29.1 Å². The fourth-order valence-electron chi connectivity index (χ4n) is 2.00. The Labute approximate surface area is 102 Å². The van der Waals surface area contributed by atoms with Crippen LogP contribution in [0.15, 0.2) is 0 Å². The molecule has 0 atom stereocenters. The van der Waals surface area contributed by atoms with Crippen molar-refractivity contribution in [2.75, 3.05) is 12.4 Å². The van der Waals surface area contributed by atoms with Gasteiger partial charge in [0.05, 0.1) is 0 Å². The Morgan fingerprint density at radius 3 is 2.19 bits per heavy atom.